The lowest BCUT2D eigenvalue weighted by Gasteiger charge is -2.18. The molecule has 1 aromatic heterocycles. The Morgan fingerprint density at radius 2 is 2.10 bits per heavy atom. The summed E-state index contributed by atoms with van der Waals surface area (Å²) in [6, 6.07) is 9.92. The van der Waals surface area contributed by atoms with Gasteiger partial charge in [-0.25, -0.2) is 4.79 Å². The van der Waals surface area contributed by atoms with Crippen molar-refractivity contribution in [3.05, 3.63) is 56.7 Å². The maximum Gasteiger partial charge on any atom is 0.328 e. The van der Waals surface area contributed by atoms with Crippen LogP contribution in [0.15, 0.2) is 45.6 Å². The van der Waals surface area contributed by atoms with Gasteiger partial charge in [0.05, 0.1) is 3.79 Å². The minimum atomic E-state index is -0.936. The van der Waals surface area contributed by atoms with Gasteiger partial charge in [-0.2, -0.15) is 0 Å². The van der Waals surface area contributed by atoms with E-state index in [2.05, 4.69) is 32.3 Å². The molecule has 2 rings (SSSR count). The van der Waals surface area contributed by atoms with Crippen LogP contribution in [0.5, 0.6) is 0 Å². The number of carboxylic acid groups (broad SMARTS) is 1. The number of nitrogens with zero attached hydrogens (tertiary/aromatic N) is 1. The lowest BCUT2D eigenvalue weighted by molar-refractivity contribution is -0.131. The highest BCUT2D eigenvalue weighted by atomic mass is 79.9. The summed E-state index contributed by atoms with van der Waals surface area (Å²) in [5.74, 6) is -0.936. The molecular weight excluding hydrogens is 338 g/mol. The Hall–Kier alpha value is -1.59. The first-order valence-corrected chi connectivity index (χ1v) is 7.67. The lowest BCUT2D eigenvalue weighted by Crippen LogP contribution is -2.15. The lowest BCUT2D eigenvalue weighted by atomic mass is 10.2. The van der Waals surface area contributed by atoms with Crippen molar-refractivity contribution in [1.82, 2.24) is 0 Å². The van der Waals surface area contributed by atoms with Gasteiger partial charge in [-0.3, -0.25) is 0 Å². The normalized spacial score (nSPS) is 10.9. The van der Waals surface area contributed by atoms with Crippen molar-refractivity contribution in [2.24, 2.45) is 0 Å². The molecule has 0 aliphatic heterocycles. The molecule has 1 heterocycles. The molecule has 0 radical (unpaired) electrons. The van der Waals surface area contributed by atoms with Gasteiger partial charge in [0.25, 0.3) is 0 Å². The summed E-state index contributed by atoms with van der Waals surface area (Å²) in [4.78, 5) is 12.6. The van der Waals surface area contributed by atoms with Gasteiger partial charge in [0.1, 0.15) is 0 Å². The van der Waals surface area contributed by atoms with E-state index >= 15 is 0 Å². The second-order valence-corrected chi connectivity index (χ2v) is 6.67. The predicted octanol–water partition coefficient (Wildman–Crippen LogP) is 4.24. The van der Waals surface area contributed by atoms with Crippen LogP contribution in [0.25, 0.3) is 6.08 Å². The number of rotatable bonds is 5. The predicted molar refractivity (Wildman–Crippen MR) is 87.2 cm³/mol. The Balaban J connectivity index is 2.03. The van der Waals surface area contributed by atoms with Crippen LogP contribution in [0.3, 0.4) is 0 Å². The Kier molecular flexibility index (Phi) is 4.98. The number of carbonyl (C=O) groups is 1. The number of halogens is 1. The second-order valence-electron chi connectivity index (χ2n) is 4.38. The second kappa shape index (κ2) is 6.72. The number of anilines is 1. The molecular formula is C15H14BrNO2S. The average Bonchev–Trinajstić information content (AvgIpc) is 2.82. The van der Waals surface area contributed by atoms with Crippen LogP contribution in [0, 0.1) is 0 Å². The standard InChI is InChI=1S/C15H14BrNO2S/c1-17(9-12-8-14(16)20-10-12)13-5-2-11(3-6-13)4-7-15(18)19/h2-8,10H,9H2,1H3,(H,18,19). The van der Waals surface area contributed by atoms with E-state index in [1.165, 1.54) is 5.56 Å². The first-order chi connectivity index (χ1) is 9.54. The number of hydrogen-bond donors (Lipinski definition) is 1. The van der Waals surface area contributed by atoms with Crippen molar-refractivity contribution < 1.29 is 9.90 Å². The third-order valence-electron chi connectivity index (χ3n) is 2.79. The summed E-state index contributed by atoms with van der Waals surface area (Å²) in [5.41, 5.74) is 3.24. The first-order valence-electron chi connectivity index (χ1n) is 6.00. The van der Waals surface area contributed by atoms with Crippen LogP contribution in [0.2, 0.25) is 0 Å². The zero-order valence-corrected chi connectivity index (χ0v) is 13.3. The highest BCUT2D eigenvalue weighted by molar-refractivity contribution is 9.11. The van der Waals surface area contributed by atoms with Crippen LogP contribution in [0.1, 0.15) is 11.1 Å². The molecule has 0 aliphatic carbocycles. The van der Waals surface area contributed by atoms with Crippen LogP contribution < -0.4 is 4.90 Å². The number of carboxylic acids is 1. The van der Waals surface area contributed by atoms with Gasteiger partial charge in [0, 0.05) is 25.4 Å². The van der Waals surface area contributed by atoms with E-state index in [9.17, 15) is 4.79 Å². The Morgan fingerprint density at radius 1 is 1.40 bits per heavy atom. The summed E-state index contributed by atoms with van der Waals surface area (Å²) in [6.07, 6.45) is 2.73. The molecule has 0 fully saturated rings. The molecule has 0 saturated heterocycles. The maximum atomic E-state index is 10.5. The van der Waals surface area contributed by atoms with Crippen molar-refractivity contribution in [1.29, 1.82) is 0 Å². The smallest absolute Gasteiger partial charge is 0.328 e. The van der Waals surface area contributed by atoms with Gasteiger partial charge in [0.15, 0.2) is 0 Å². The van der Waals surface area contributed by atoms with E-state index in [0.29, 0.717) is 0 Å². The van der Waals surface area contributed by atoms with Gasteiger partial charge in [0.2, 0.25) is 0 Å². The van der Waals surface area contributed by atoms with Crippen LogP contribution >= 0.6 is 27.3 Å². The molecule has 1 aromatic carbocycles. The molecule has 2 aromatic rings. The summed E-state index contributed by atoms with van der Waals surface area (Å²) in [6.45, 7) is 0.840. The van der Waals surface area contributed by atoms with Gasteiger partial charge >= 0.3 is 5.97 Å². The molecule has 0 amide bonds. The molecule has 104 valence electrons. The fourth-order valence-corrected chi connectivity index (χ4v) is 3.00. The molecule has 0 spiro atoms. The van der Waals surface area contributed by atoms with E-state index in [0.717, 1.165) is 27.7 Å². The number of aliphatic carboxylic acids is 1. The number of thiophene rings is 1. The molecule has 0 saturated carbocycles. The van der Waals surface area contributed by atoms with E-state index in [4.69, 9.17) is 5.11 Å². The largest absolute Gasteiger partial charge is 0.478 e. The summed E-state index contributed by atoms with van der Waals surface area (Å²) in [7, 11) is 2.04. The molecule has 0 atom stereocenters. The Morgan fingerprint density at radius 3 is 2.65 bits per heavy atom. The van der Waals surface area contributed by atoms with E-state index in [1.54, 1.807) is 17.4 Å². The summed E-state index contributed by atoms with van der Waals surface area (Å²) >= 11 is 5.14. The van der Waals surface area contributed by atoms with Gasteiger partial charge < -0.3 is 10.0 Å². The number of benzene rings is 1. The fraction of sp³-hybridized carbons (Fsp3) is 0.133. The monoisotopic (exact) mass is 351 g/mol. The quantitative estimate of drug-likeness (QED) is 0.818. The Labute approximate surface area is 130 Å². The first kappa shape index (κ1) is 14.8. The SMILES string of the molecule is CN(Cc1csc(Br)c1)c1ccc(C=CC(=O)O)cc1. The van der Waals surface area contributed by atoms with E-state index in [-0.39, 0.29) is 0 Å². The molecule has 0 bridgehead atoms. The molecule has 1 N–H and O–H groups in total. The molecule has 0 unspecified atom stereocenters. The zero-order chi connectivity index (χ0) is 14.5. The molecule has 0 aliphatic rings. The summed E-state index contributed by atoms with van der Waals surface area (Å²) < 4.78 is 1.13. The van der Waals surface area contributed by atoms with Gasteiger partial charge in [-0.05, 0) is 56.7 Å². The van der Waals surface area contributed by atoms with Crippen LogP contribution in [-0.4, -0.2) is 18.1 Å². The minimum Gasteiger partial charge on any atom is -0.478 e. The van der Waals surface area contributed by atoms with Crippen molar-refractivity contribution in [3.63, 3.8) is 0 Å². The summed E-state index contributed by atoms with van der Waals surface area (Å²) in [5, 5.41) is 10.7. The van der Waals surface area contributed by atoms with Crippen LogP contribution in [-0.2, 0) is 11.3 Å². The number of hydrogen-bond acceptors (Lipinski definition) is 3. The van der Waals surface area contributed by atoms with E-state index < -0.39 is 5.97 Å². The molecule has 5 heteroatoms. The molecule has 20 heavy (non-hydrogen) atoms. The van der Waals surface area contributed by atoms with Crippen molar-refractivity contribution >= 4 is 45.0 Å². The van der Waals surface area contributed by atoms with Crippen molar-refractivity contribution in [3.8, 4) is 0 Å². The maximum absolute atomic E-state index is 10.5. The fourth-order valence-electron chi connectivity index (χ4n) is 1.80. The minimum absolute atomic E-state index is 0.840. The third-order valence-corrected chi connectivity index (χ3v) is 4.35. The van der Waals surface area contributed by atoms with Crippen molar-refractivity contribution in [2.75, 3.05) is 11.9 Å². The van der Waals surface area contributed by atoms with Crippen molar-refractivity contribution in [2.45, 2.75) is 6.54 Å². The third kappa shape index (κ3) is 4.21. The van der Waals surface area contributed by atoms with Gasteiger partial charge in [-0.1, -0.05) is 12.1 Å². The topological polar surface area (TPSA) is 40.5 Å². The van der Waals surface area contributed by atoms with Crippen LogP contribution in [0.4, 0.5) is 5.69 Å². The van der Waals surface area contributed by atoms with E-state index in [1.807, 2.05) is 31.3 Å². The highest BCUT2D eigenvalue weighted by Gasteiger charge is 2.04. The average molecular weight is 352 g/mol. The Bertz CT molecular complexity index is 619. The highest BCUT2D eigenvalue weighted by Crippen LogP contribution is 2.23. The zero-order valence-electron chi connectivity index (χ0n) is 10.9. The molecule has 3 nitrogen and oxygen atoms in total. The van der Waals surface area contributed by atoms with Gasteiger partial charge in [-0.15, -0.1) is 11.3 Å².